The van der Waals surface area contributed by atoms with Crippen molar-refractivity contribution in [3.8, 4) is 0 Å². The topological polar surface area (TPSA) is 67.6 Å². The second kappa shape index (κ2) is 8.79. The zero-order valence-electron chi connectivity index (χ0n) is 12.7. The van der Waals surface area contributed by atoms with E-state index in [1.165, 1.54) is 5.75 Å². The van der Waals surface area contributed by atoms with Gasteiger partial charge in [-0.15, -0.1) is 24.8 Å². The van der Waals surface area contributed by atoms with Crippen molar-refractivity contribution in [2.75, 3.05) is 44.4 Å². The van der Waals surface area contributed by atoms with E-state index in [4.69, 9.17) is 10.5 Å². The molecule has 0 aromatic rings. The fourth-order valence-corrected chi connectivity index (χ4v) is 4.08. The van der Waals surface area contributed by atoms with Crippen LogP contribution in [0.25, 0.3) is 0 Å². The lowest BCUT2D eigenvalue weighted by Gasteiger charge is -2.43. The lowest BCUT2D eigenvalue weighted by Crippen LogP contribution is -2.61. The number of amides is 1. The average Bonchev–Trinajstić information content (AvgIpc) is 2.86. The molecule has 2 rings (SSSR count). The molecule has 0 saturated carbocycles. The standard InChI is InChI=1S/C13H25N3O2S.2ClH/c1-12(2,14)11(17)15-9-13(3-8-19-10-13)16-4-6-18-7-5-16;;/h3-10,14H2,1-2H3,(H,15,17);2*1H. The van der Waals surface area contributed by atoms with Gasteiger partial charge in [-0.2, -0.15) is 11.8 Å². The minimum atomic E-state index is -0.808. The van der Waals surface area contributed by atoms with Crippen molar-refractivity contribution < 1.29 is 9.53 Å². The third-order valence-corrected chi connectivity index (χ3v) is 5.16. The predicted molar refractivity (Wildman–Crippen MR) is 92.8 cm³/mol. The molecule has 2 fully saturated rings. The van der Waals surface area contributed by atoms with Gasteiger partial charge in [0, 0.05) is 30.9 Å². The summed E-state index contributed by atoms with van der Waals surface area (Å²) >= 11 is 1.97. The van der Waals surface area contributed by atoms with Gasteiger partial charge in [0.2, 0.25) is 5.91 Å². The highest BCUT2D eigenvalue weighted by molar-refractivity contribution is 7.99. The van der Waals surface area contributed by atoms with Crippen LogP contribution in [0.2, 0.25) is 0 Å². The van der Waals surface area contributed by atoms with E-state index in [-0.39, 0.29) is 36.3 Å². The summed E-state index contributed by atoms with van der Waals surface area (Å²) in [5, 5.41) is 3.04. The Morgan fingerprint density at radius 3 is 2.48 bits per heavy atom. The number of nitrogens with zero attached hydrogens (tertiary/aromatic N) is 1. The summed E-state index contributed by atoms with van der Waals surface area (Å²) < 4.78 is 5.43. The number of carbonyl (C=O) groups is 1. The summed E-state index contributed by atoms with van der Waals surface area (Å²) in [4.78, 5) is 14.4. The van der Waals surface area contributed by atoms with E-state index >= 15 is 0 Å². The van der Waals surface area contributed by atoms with Crippen molar-refractivity contribution >= 4 is 42.5 Å². The minimum absolute atomic E-state index is 0. The van der Waals surface area contributed by atoms with Gasteiger partial charge >= 0.3 is 0 Å². The Kier molecular flexibility index (Phi) is 8.91. The first-order valence-electron chi connectivity index (χ1n) is 6.92. The van der Waals surface area contributed by atoms with Gasteiger partial charge in [0.1, 0.15) is 0 Å². The van der Waals surface area contributed by atoms with Crippen molar-refractivity contribution in [3.05, 3.63) is 0 Å². The van der Waals surface area contributed by atoms with Gasteiger partial charge in [0.15, 0.2) is 0 Å². The van der Waals surface area contributed by atoms with Gasteiger partial charge in [-0.25, -0.2) is 0 Å². The van der Waals surface area contributed by atoms with Crippen LogP contribution in [0, 0.1) is 0 Å². The Bertz CT molecular complexity index is 328. The maximum absolute atomic E-state index is 12.0. The largest absolute Gasteiger partial charge is 0.379 e. The normalized spacial score (nSPS) is 26.6. The Morgan fingerprint density at radius 2 is 2.00 bits per heavy atom. The van der Waals surface area contributed by atoms with Gasteiger partial charge in [-0.05, 0) is 26.0 Å². The molecule has 0 radical (unpaired) electrons. The van der Waals surface area contributed by atoms with Crippen LogP contribution >= 0.6 is 36.6 Å². The van der Waals surface area contributed by atoms with Crippen LogP contribution in [0.1, 0.15) is 20.3 Å². The first kappa shape index (κ1) is 21.3. The molecule has 2 aliphatic heterocycles. The first-order valence-corrected chi connectivity index (χ1v) is 8.07. The van der Waals surface area contributed by atoms with E-state index in [9.17, 15) is 4.79 Å². The molecule has 0 aromatic heterocycles. The average molecular weight is 360 g/mol. The van der Waals surface area contributed by atoms with Gasteiger partial charge in [-0.3, -0.25) is 9.69 Å². The molecule has 1 unspecified atom stereocenters. The molecular formula is C13H27Cl2N3O2S. The molecule has 21 heavy (non-hydrogen) atoms. The number of carbonyl (C=O) groups excluding carboxylic acids is 1. The smallest absolute Gasteiger partial charge is 0.239 e. The van der Waals surface area contributed by atoms with E-state index in [0.717, 1.165) is 38.5 Å². The number of halogens is 2. The maximum atomic E-state index is 12.0. The molecular weight excluding hydrogens is 333 g/mol. The number of thioether (sulfide) groups is 1. The molecule has 1 amide bonds. The highest BCUT2D eigenvalue weighted by Crippen LogP contribution is 2.33. The number of rotatable bonds is 4. The number of morpholine rings is 1. The van der Waals surface area contributed by atoms with Crippen molar-refractivity contribution in [2.45, 2.75) is 31.3 Å². The molecule has 2 heterocycles. The van der Waals surface area contributed by atoms with Gasteiger partial charge in [-0.1, -0.05) is 0 Å². The van der Waals surface area contributed by atoms with E-state index in [2.05, 4.69) is 10.2 Å². The maximum Gasteiger partial charge on any atom is 0.239 e. The summed E-state index contributed by atoms with van der Waals surface area (Å²) in [6, 6.07) is 0. The number of hydrogen-bond donors (Lipinski definition) is 2. The minimum Gasteiger partial charge on any atom is -0.379 e. The summed E-state index contributed by atoms with van der Waals surface area (Å²) in [5.74, 6) is 2.18. The highest BCUT2D eigenvalue weighted by atomic mass is 35.5. The summed E-state index contributed by atoms with van der Waals surface area (Å²) in [6.07, 6.45) is 1.13. The molecule has 3 N–H and O–H groups in total. The lowest BCUT2D eigenvalue weighted by molar-refractivity contribution is -0.126. The van der Waals surface area contributed by atoms with Gasteiger partial charge < -0.3 is 15.8 Å². The second-order valence-electron chi connectivity index (χ2n) is 6.03. The fraction of sp³-hybridized carbons (Fsp3) is 0.923. The lowest BCUT2D eigenvalue weighted by atomic mass is 9.95. The molecule has 0 spiro atoms. The Morgan fingerprint density at radius 1 is 1.38 bits per heavy atom. The van der Waals surface area contributed by atoms with Gasteiger partial charge in [0.05, 0.1) is 18.8 Å². The zero-order chi connectivity index (χ0) is 13.9. The van der Waals surface area contributed by atoms with Crippen molar-refractivity contribution in [1.82, 2.24) is 10.2 Å². The summed E-state index contributed by atoms with van der Waals surface area (Å²) in [5.41, 5.74) is 5.12. The van der Waals surface area contributed by atoms with Crippen molar-refractivity contribution in [2.24, 2.45) is 5.73 Å². The Hall–Kier alpha value is 0.280. The summed E-state index contributed by atoms with van der Waals surface area (Å²) in [7, 11) is 0. The van der Waals surface area contributed by atoms with Crippen molar-refractivity contribution in [3.63, 3.8) is 0 Å². The molecule has 2 aliphatic rings. The van der Waals surface area contributed by atoms with Crippen LogP contribution in [-0.2, 0) is 9.53 Å². The van der Waals surface area contributed by atoms with E-state index in [0.29, 0.717) is 6.54 Å². The molecule has 1 atom stereocenters. The third kappa shape index (κ3) is 5.44. The Balaban J connectivity index is 0.00000200. The van der Waals surface area contributed by atoms with E-state index < -0.39 is 5.54 Å². The predicted octanol–water partition coefficient (Wildman–Crippen LogP) is 0.891. The molecule has 0 aliphatic carbocycles. The van der Waals surface area contributed by atoms with Crippen LogP contribution in [0.3, 0.4) is 0 Å². The zero-order valence-corrected chi connectivity index (χ0v) is 15.2. The molecule has 0 bridgehead atoms. The molecule has 8 heteroatoms. The highest BCUT2D eigenvalue weighted by Gasteiger charge is 2.41. The van der Waals surface area contributed by atoms with Crippen LogP contribution in [-0.4, -0.2) is 66.2 Å². The van der Waals surface area contributed by atoms with Crippen LogP contribution in [0.4, 0.5) is 0 Å². The number of hydrogen-bond acceptors (Lipinski definition) is 5. The quantitative estimate of drug-likeness (QED) is 0.780. The molecule has 0 aromatic carbocycles. The first-order chi connectivity index (χ1) is 8.94. The number of ether oxygens (including phenoxy) is 1. The monoisotopic (exact) mass is 359 g/mol. The SMILES string of the molecule is CC(C)(N)C(=O)NCC1(N2CCOCC2)CCSC1.Cl.Cl. The molecule has 5 nitrogen and oxygen atoms in total. The molecule has 126 valence electrons. The number of nitrogens with one attached hydrogen (secondary N) is 1. The third-order valence-electron chi connectivity index (χ3n) is 3.93. The van der Waals surface area contributed by atoms with Crippen LogP contribution in [0.15, 0.2) is 0 Å². The second-order valence-corrected chi connectivity index (χ2v) is 7.14. The summed E-state index contributed by atoms with van der Waals surface area (Å²) in [6.45, 7) is 7.69. The van der Waals surface area contributed by atoms with E-state index in [1.54, 1.807) is 13.8 Å². The van der Waals surface area contributed by atoms with Gasteiger partial charge in [0.25, 0.3) is 0 Å². The van der Waals surface area contributed by atoms with Crippen LogP contribution in [0.5, 0.6) is 0 Å². The molecule has 2 saturated heterocycles. The van der Waals surface area contributed by atoms with Crippen LogP contribution < -0.4 is 11.1 Å². The fourth-order valence-electron chi connectivity index (χ4n) is 2.61. The van der Waals surface area contributed by atoms with E-state index in [1.807, 2.05) is 11.8 Å². The Labute approximate surface area is 143 Å². The van der Waals surface area contributed by atoms with Crippen molar-refractivity contribution in [1.29, 1.82) is 0 Å². The number of nitrogens with two attached hydrogens (primary N) is 1.